The second-order valence-electron chi connectivity index (χ2n) is 6.28. The van der Waals surface area contributed by atoms with E-state index in [2.05, 4.69) is 17.1 Å². The minimum Gasteiger partial charge on any atom is -0.490 e. The van der Waals surface area contributed by atoms with E-state index in [1.165, 1.54) is 12.3 Å². The van der Waals surface area contributed by atoms with Crippen LogP contribution in [0.15, 0.2) is 66.3 Å². The highest BCUT2D eigenvalue weighted by atomic mass is 32.2. The molecule has 0 heterocycles. The predicted molar refractivity (Wildman–Crippen MR) is 112 cm³/mol. The summed E-state index contributed by atoms with van der Waals surface area (Å²) in [6, 6.07) is 10.5. The van der Waals surface area contributed by atoms with Gasteiger partial charge >= 0.3 is 6.18 Å². The highest BCUT2D eigenvalue weighted by Crippen LogP contribution is 2.32. The Morgan fingerprint density at radius 1 is 1.23 bits per heavy atom. The van der Waals surface area contributed by atoms with Crippen LogP contribution >= 0.6 is 0 Å². The normalized spacial score (nSPS) is 11.9. The smallest absolute Gasteiger partial charge is 0.416 e. The highest BCUT2D eigenvalue weighted by molar-refractivity contribution is 7.92. The van der Waals surface area contributed by atoms with Crippen LogP contribution < -0.4 is 14.5 Å². The summed E-state index contributed by atoms with van der Waals surface area (Å²) < 4.78 is 68.9. The average molecular weight is 455 g/mol. The van der Waals surface area contributed by atoms with Gasteiger partial charge in [-0.05, 0) is 35.9 Å². The lowest BCUT2D eigenvalue weighted by atomic mass is 10.2. The molecule has 2 aromatic carbocycles. The van der Waals surface area contributed by atoms with Crippen LogP contribution in [-0.4, -0.2) is 39.9 Å². The summed E-state index contributed by atoms with van der Waals surface area (Å²) in [4.78, 5) is 12.2. The first-order chi connectivity index (χ1) is 14.5. The molecule has 0 saturated heterocycles. The van der Waals surface area contributed by atoms with E-state index in [9.17, 15) is 26.4 Å². The molecule has 7 nitrogen and oxygen atoms in total. The summed E-state index contributed by atoms with van der Waals surface area (Å²) >= 11 is 0. The number of sulfonamides is 1. The number of nitrogens with zero attached hydrogens (tertiary/aromatic N) is 2. The molecular weight excluding hydrogens is 435 g/mol. The van der Waals surface area contributed by atoms with Gasteiger partial charge in [-0.25, -0.2) is 13.8 Å². The quantitative estimate of drug-likeness (QED) is 0.357. The molecule has 0 fully saturated rings. The fraction of sp³-hybridized carbons (Fsp3) is 0.200. The molecule has 31 heavy (non-hydrogen) atoms. The molecule has 0 atom stereocenters. The van der Waals surface area contributed by atoms with Crippen LogP contribution in [0, 0.1) is 0 Å². The number of nitrogens with one attached hydrogen (secondary N) is 1. The van der Waals surface area contributed by atoms with Gasteiger partial charge in [0.15, 0.2) is 0 Å². The van der Waals surface area contributed by atoms with Gasteiger partial charge in [0, 0.05) is 0 Å². The van der Waals surface area contributed by atoms with E-state index in [0.717, 1.165) is 18.4 Å². The topological polar surface area (TPSA) is 88.1 Å². The third kappa shape index (κ3) is 7.45. The molecule has 0 aromatic heterocycles. The minimum atomic E-state index is -4.66. The maximum Gasteiger partial charge on any atom is 0.416 e. The maximum atomic E-state index is 12.9. The van der Waals surface area contributed by atoms with Crippen molar-refractivity contribution in [2.75, 3.05) is 23.7 Å². The first-order valence-electron chi connectivity index (χ1n) is 8.81. The molecule has 0 radical (unpaired) electrons. The van der Waals surface area contributed by atoms with Crippen molar-refractivity contribution in [1.82, 2.24) is 5.43 Å². The van der Waals surface area contributed by atoms with Crippen LogP contribution in [0.5, 0.6) is 5.75 Å². The van der Waals surface area contributed by atoms with E-state index < -0.39 is 34.2 Å². The van der Waals surface area contributed by atoms with E-state index in [1.807, 2.05) is 0 Å². The van der Waals surface area contributed by atoms with Crippen LogP contribution in [0.2, 0.25) is 0 Å². The number of ether oxygens (including phenoxy) is 1. The number of benzene rings is 2. The molecule has 0 spiro atoms. The minimum absolute atomic E-state index is 0.288. The Morgan fingerprint density at radius 3 is 2.58 bits per heavy atom. The zero-order valence-electron chi connectivity index (χ0n) is 16.5. The molecule has 1 amide bonds. The van der Waals surface area contributed by atoms with E-state index in [0.29, 0.717) is 28.3 Å². The lowest BCUT2D eigenvalue weighted by Gasteiger charge is -2.22. The number of hydrogen-bond acceptors (Lipinski definition) is 5. The standard InChI is InChI=1S/C20H20F3N3O4S/c1-3-10-30-18-9-4-6-15(11-18)13-24-25-19(27)14-26(31(2,28)29)17-8-5-7-16(12-17)20(21,22)23/h3-9,11-13H,1,10,14H2,2H3,(H,25,27)/b24-13-. The van der Waals surface area contributed by atoms with Crippen LogP contribution in [0.1, 0.15) is 11.1 Å². The van der Waals surface area contributed by atoms with Gasteiger partial charge in [0.25, 0.3) is 5.91 Å². The number of alkyl halides is 3. The zero-order valence-corrected chi connectivity index (χ0v) is 17.3. The van der Waals surface area contributed by atoms with E-state index in [-0.39, 0.29) is 5.69 Å². The largest absolute Gasteiger partial charge is 0.490 e. The Hall–Kier alpha value is -3.34. The number of carbonyl (C=O) groups is 1. The van der Waals surface area contributed by atoms with E-state index in [4.69, 9.17) is 4.74 Å². The molecule has 166 valence electrons. The summed E-state index contributed by atoms with van der Waals surface area (Å²) in [7, 11) is -4.04. The predicted octanol–water partition coefficient (Wildman–Crippen LogP) is 3.19. The number of hydrogen-bond donors (Lipinski definition) is 1. The van der Waals surface area contributed by atoms with Crippen molar-refractivity contribution in [3.63, 3.8) is 0 Å². The number of anilines is 1. The number of carbonyl (C=O) groups excluding carboxylic acids is 1. The first-order valence-corrected chi connectivity index (χ1v) is 10.7. The van der Waals surface area contributed by atoms with Crippen LogP contribution in [-0.2, 0) is 21.0 Å². The molecule has 2 rings (SSSR count). The van der Waals surface area contributed by atoms with Gasteiger partial charge in [-0.15, -0.1) is 0 Å². The molecule has 1 N–H and O–H groups in total. The van der Waals surface area contributed by atoms with Crippen molar-refractivity contribution in [3.05, 3.63) is 72.3 Å². The van der Waals surface area contributed by atoms with Crippen molar-refractivity contribution < 1.29 is 31.1 Å². The van der Waals surface area contributed by atoms with Crippen LogP contribution in [0.4, 0.5) is 18.9 Å². The van der Waals surface area contributed by atoms with Crippen molar-refractivity contribution in [2.45, 2.75) is 6.18 Å². The van der Waals surface area contributed by atoms with Crippen LogP contribution in [0.3, 0.4) is 0 Å². The summed E-state index contributed by atoms with van der Waals surface area (Å²) in [6.07, 6.45) is -0.971. The Morgan fingerprint density at radius 2 is 1.94 bits per heavy atom. The first kappa shape index (κ1) is 23.9. The summed E-state index contributed by atoms with van der Waals surface area (Å²) in [6.45, 7) is 3.11. The molecule has 0 unspecified atom stereocenters. The molecular formula is C20H20F3N3O4S. The fourth-order valence-corrected chi connectivity index (χ4v) is 3.27. The lowest BCUT2D eigenvalue weighted by molar-refractivity contribution is -0.137. The van der Waals surface area contributed by atoms with Gasteiger partial charge in [-0.1, -0.05) is 30.9 Å². The van der Waals surface area contributed by atoms with Gasteiger partial charge in [0.1, 0.15) is 18.9 Å². The lowest BCUT2D eigenvalue weighted by Crippen LogP contribution is -2.39. The van der Waals surface area contributed by atoms with E-state index >= 15 is 0 Å². The monoisotopic (exact) mass is 455 g/mol. The Labute approximate surface area is 177 Å². The number of rotatable bonds is 9. The average Bonchev–Trinajstić information content (AvgIpc) is 2.69. The third-order valence-corrected chi connectivity index (χ3v) is 4.92. The van der Waals surface area contributed by atoms with Crippen molar-refractivity contribution >= 4 is 27.8 Å². The Balaban J connectivity index is 2.11. The van der Waals surface area contributed by atoms with Gasteiger partial charge in [-0.2, -0.15) is 18.3 Å². The van der Waals surface area contributed by atoms with E-state index in [1.54, 1.807) is 30.3 Å². The van der Waals surface area contributed by atoms with Gasteiger partial charge in [0.2, 0.25) is 10.0 Å². The Bertz CT molecular complexity index is 1070. The number of halogens is 3. The number of hydrazone groups is 1. The Kier molecular flexibility index (Phi) is 7.81. The molecule has 0 saturated carbocycles. The molecule has 0 aliphatic carbocycles. The van der Waals surface area contributed by atoms with Crippen molar-refractivity contribution in [1.29, 1.82) is 0 Å². The zero-order chi connectivity index (χ0) is 23.1. The summed E-state index contributed by atoms with van der Waals surface area (Å²) in [5.74, 6) is -0.277. The molecule has 2 aromatic rings. The third-order valence-electron chi connectivity index (χ3n) is 3.78. The molecule has 11 heteroatoms. The van der Waals surface area contributed by atoms with Crippen molar-refractivity contribution in [2.24, 2.45) is 5.10 Å². The highest BCUT2D eigenvalue weighted by Gasteiger charge is 2.31. The maximum absolute atomic E-state index is 12.9. The van der Waals surface area contributed by atoms with Crippen LogP contribution in [0.25, 0.3) is 0 Å². The second-order valence-corrected chi connectivity index (χ2v) is 8.19. The second kappa shape index (κ2) is 10.1. The summed E-state index contributed by atoms with van der Waals surface area (Å²) in [5.41, 5.74) is 1.43. The SMILES string of the molecule is C=CCOc1cccc(/C=N\NC(=O)CN(c2cccc(C(F)(F)F)c2)S(C)(=O)=O)c1. The fourth-order valence-electron chi connectivity index (χ4n) is 2.42. The molecule has 0 aliphatic heterocycles. The summed E-state index contributed by atoms with van der Waals surface area (Å²) in [5, 5.41) is 3.75. The van der Waals surface area contributed by atoms with Gasteiger partial charge in [-0.3, -0.25) is 9.10 Å². The molecule has 0 bridgehead atoms. The van der Waals surface area contributed by atoms with Crippen molar-refractivity contribution in [3.8, 4) is 5.75 Å². The van der Waals surface area contributed by atoms with Gasteiger partial charge in [0.05, 0.1) is 23.7 Å². The molecule has 0 aliphatic rings. The number of amides is 1. The van der Waals surface area contributed by atoms with Gasteiger partial charge < -0.3 is 4.74 Å².